The Kier molecular flexibility index (Phi) is 2.68. The minimum Gasteiger partial charge on any atom is -0.324 e. The van der Waals surface area contributed by atoms with Crippen LogP contribution in [0.1, 0.15) is 12.8 Å². The lowest BCUT2D eigenvalue weighted by Gasteiger charge is -2.11. The van der Waals surface area contributed by atoms with Crippen LogP contribution in [0.5, 0.6) is 0 Å². The number of halogens is 2. The van der Waals surface area contributed by atoms with Gasteiger partial charge < -0.3 is 11.1 Å². The van der Waals surface area contributed by atoms with Crippen molar-refractivity contribution in [2.24, 2.45) is 5.73 Å². The molecule has 3 nitrogen and oxygen atoms in total. The van der Waals surface area contributed by atoms with Gasteiger partial charge in [0.05, 0.1) is 11.2 Å². The van der Waals surface area contributed by atoms with Crippen LogP contribution in [0.3, 0.4) is 0 Å². The summed E-state index contributed by atoms with van der Waals surface area (Å²) in [5.74, 6) is -0.502. The van der Waals surface area contributed by atoms with E-state index in [-0.39, 0.29) is 11.7 Å². The van der Waals surface area contributed by atoms with Gasteiger partial charge in [-0.2, -0.15) is 0 Å². The normalized spacial score (nSPS) is 17.3. The first-order chi connectivity index (χ1) is 7.01. The predicted molar refractivity (Wildman–Crippen MR) is 63.9 cm³/mol. The van der Waals surface area contributed by atoms with Gasteiger partial charge in [-0.3, -0.25) is 4.79 Å². The van der Waals surface area contributed by atoms with Gasteiger partial charge in [-0.05, 0) is 53.6 Å². The van der Waals surface area contributed by atoms with E-state index in [0.717, 1.165) is 12.8 Å². The van der Waals surface area contributed by atoms with Crippen molar-refractivity contribution in [3.63, 3.8) is 0 Å². The second-order valence-electron chi connectivity index (χ2n) is 3.73. The zero-order chi connectivity index (χ0) is 11.1. The fraction of sp³-hybridized carbons (Fsp3) is 0.300. The third-order valence-electron chi connectivity index (χ3n) is 2.42. The van der Waals surface area contributed by atoms with E-state index >= 15 is 0 Å². The Morgan fingerprint density at radius 1 is 1.53 bits per heavy atom. The van der Waals surface area contributed by atoms with Crippen LogP contribution in [0.4, 0.5) is 10.1 Å². The molecule has 2 rings (SSSR count). The number of hydrogen-bond acceptors (Lipinski definition) is 2. The molecule has 0 heterocycles. The lowest BCUT2D eigenvalue weighted by molar-refractivity contribution is -0.118. The smallest absolute Gasteiger partial charge is 0.244 e. The molecule has 1 aromatic carbocycles. The minimum atomic E-state index is -0.697. The topological polar surface area (TPSA) is 55.1 Å². The molecule has 1 saturated carbocycles. The molecule has 0 aliphatic heterocycles. The molecule has 0 aromatic heterocycles. The third-order valence-corrected chi connectivity index (χ3v) is 3.31. The highest BCUT2D eigenvalue weighted by atomic mass is 127. The second kappa shape index (κ2) is 3.71. The Bertz CT molecular complexity index is 418. The van der Waals surface area contributed by atoms with Crippen molar-refractivity contribution >= 4 is 34.2 Å². The number of carbonyl (C=O) groups excluding carboxylic acids is 1. The van der Waals surface area contributed by atoms with Crippen LogP contribution >= 0.6 is 22.6 Å². The van der Waals surface area contributed by atoms with Crippen LogP contribution in [-0.2, 0) is 4.79 Å². The molecule has 0 spiro atoms. The van der Waals surface area contributed by atoms with Crippen molar-refractivity contribution in [2.45, 2.75) is 18.4 Å². The van der Waals surface area contributed by atoms with E-state index < -0.39 is 5.54 Å². The lowest BCUT2D eigenvalue weighted by atomic mass is 10.2. The van der Waals surface area contributed by atoms with Crippen LogP contribution in [0.15, 0.2) is 18.2 Å². The molecule has 0 saturated heterocycles. The Balaban J connectivity index is 2.14. The van der Waals surface area contributed by atoms with Gasteiger partial charge >= 0.3 is 0 Å². The van der Waals surface area contributed by atoms with Crippen molar-refractivity contribution in [2.75, 3.05) is 5.32 Å². The summed E-state index contributed by atoms with van der Waals surface area (Å²) in [6.07, 6.45) is 1.44. The molecule has 80 valence electrons. The first-order valence-electron chi connectivity index (χ1n) is 4.57. The molecule has 0 radical (unpaired) electrons. The highest BCUT2D eigenvalue weighted by Crippen LogP contribution is 2.33. The average molecular weight is 320 g/mol. The third kappa shape index (κ3) is 2.28. The summed E-state index contributed by atoms with van der Waals surface area (Å²) in [5, 5.41) is 2.70. The van der Waals surface area contributed by atoms with Crippen LogP contribution in [0.25, 0.3) is 0 Å². The number of nitrogens with one attached hydrogen (secondary N) is 1. The Morgan fingerprint density at radius 2 is 2.20 bits per heavy atom. The van der Waals surface area contributed by atoms with E-state index in [2.05, 4.69) is 5.32 Å². The van der Waals surface area contributed by atoms with E-state index in [1.807, 2.05) is 22.6 Å². The van der Waals surface area contributed by atoms with E-state index in [0.29, 0.717) is 9.26 Å². The Morgan fingerprint density at radius 3 is 2.73 bits per heavy atom. The summed E-state index contributed by atoms with van der Waals surface area (Å²) in [7, 11) is 0. The van der Waals surface area contributed by atoms with Gasteiger partial charge in [0.2, 0.25) is 5.91 Å². The maximum atomic E-state index is 12.8. The van der Waals surface area contributed by atoms with Gasteiger partial charge in [-0.1, -0.05) is 0 Å². The molecule has 3 N–H and O–H groups in total. The van der Waals surface area contributed by atoms with Gasteiger partial charge in [0, 0.05) is 3.57 Å². The van der Waals surface area contributed by atoms with Gasteiger partial charge in [0.1, 0.15) is 5.82 Å². The summed E-state index contributed by atoms with van der Waals surface area (Å²) in [5.41, 5.74) is 5.64. The van der Waals surface area contributed by atoms with Gasteiger partial charge in [0.25, 0.3) is 0 Å². The van der Waals surface area contributed by atoms with Crippen molar-refractivity contribution < 1.29 is 9.18 Å². The fourth-order valence-corrected chi connectivity index (χ4v) is 1.81. The van der Waals surface area contributed by atoms with Crippen LogP contribution in [0, 0.1) is 9.39 Å². The predicted octanol–water partition coefficient (Wildman–Crippen LogP) is 1.86. The molecule has 0 bridgehead atoms. The number of benzene rings is 1. The monoisotopic (exact) mass is 320 g/mol. The number of anilines is 1. The largest absolute Gasteiger partial charge is 0.324 e. The maximum absolute atomic E-state index is 12.8. The second-order valence-corrected chi connectivity index (χ2v) is 4.90. The molecule has 1 amide bonds. The van der Waals surface area contributed by atoms with E-state index in [1.165, 1.54) is 12.1 Å². The maximum Gasteiger partial charge on any atom is 0.244 e. The quantitative estimate of drug-likeness (QED) is 0.817. The summed E-state index contributed by atoms with van der Waals surface area (Å²) < 4.78 is 13.5. The van der Waals surface area contributed by atoms with Gasteiger partial charge in [-0.25, -0.2) is 4.39 Å². The zero-order valence-electron chi connectivity index (χ0n) is 7.89. The van der Waals surface area contributed by atoms with Crippen molar-refractivity contribution in [3.8, 4) is 0 Å². The standard InChI is InChI=1S/C10H10FIN2O/c11-6-1-2-8(7(12)5-6)14-9(15)10(13)3-4-10/h1-2,5H,3-4,13H2,(H,14,15). The van der Waals surface area contributed by atoms with Crippen LogP contribution < -0.4 is 11.1 Å². The van der Waals surface area contributed by atoms with Crippen molar-refractivity contribution in [1.82, 2.24) is 0 Å². The number of rotatable bonds is 2. The Hall–Kier alpha value is -0.690. The molecule has 5 heteroatoms. The summed E-state index contributed by atoms with van der Waals surface area (Å²) in [6.45, 7) is 0. The molecule has 1 aromatic rings. The molecular formula is C10H10FIN2O. The summed E-state index contributed by atoms with van der Waals surface area (Å²) in [6, 6.07) is 4.22. The number of nitrogens with two attached hydrogens (primary N) is 1. The highest BCUT2D eigenvalue weighted by Gasteiger charge is 2.46. The zero-order valence-corrected chi connectivity index (χ0v) is 10.0. The van der Waals surface area contributed by atoms with Crippen molar-refractivity contribution in [1.29, 1.82) is 0 Å². The lowest BCUT2D eigenvalue weighted by Crippen LogP contribution is -2.38. The number of amides is 1. The SMILES string of the molecule is NC1(C(=O)Nc2ccc(F)cc2I)CC1. The molecule has 1 fully saturated rings. The molecule has 1 aliphatic rings. The molecule has 0 unspecified atom stereocenters. The highest BCUT2D eigenvalue weighted by molar-refractivity contribution is 14.1. The minimum absolute atomic E-state index is 0.188. The molecule has 15 heavy (non-hydrogen) atoms. The summed E-state index contributed by atoms with van der Waals surface area (Å²) in [4.78, 5) is 11.6. The molecular weight excluding hydrogens is 310 g/mol. The van der Waals surface area contributed by atoms with E-state index in [4.69, 9.17) is 5.73 Å². The van der Waals surface area contributed by atoms with Gasteiger partial charge in [-0.15, -0.1) is 0 Å². The fourth-order valence-electron chi connectivity index (χ4n) is 1.20. The van der Waals surface area contributed by atoms with Crippen LogP contribution in [0.2, 0.25) is 0 Å². The van der Waals surface area contributed by atoms with E-state index in [1.54, 1.807) is 6.07 Å². The number of hydrogen-bond donors (Lipinski definition) is 2. The van der Waals surface area contributed by atoms with Crippen LogP contribution in [-0.4, -0.2) is 11.4 Å². The first-order valence-corrected chi connectivity index (χ1v) is 5.64. The van der Waals surface area contributed by atoms with E-state index in [9.17, 15) is 9.18 Å². The molecule has 0 atom stereocenters. The molecule has 1 aliphatic carbocycles. The van der Waals surface area contributed by atoms with Crippen molar-refractivity contribution in [3.05, 3.63) is 27.6 Å². The summed E-state index contributed by atoms with van der Waals surface area (Å²) >= 11 is 1.97. The van der Waals surface area contributed by atoms with Gasteiger partial charge in [0.15, 0.2) is 0 Å². The number of carbonyl (C=O) groups is 1. The average Bonchev–Trinajstić information content (AvgIpc) is 2.90. The first kappa shape index (κ1) is 10.8. The Labute approximate surface area is 100 Å².